The van der Waals surface area contributed by atoms with Crippen molar-refractivity contribution in [3.63, 3.8) is 0 Å². The summed E-state index contributed by atoms with van der Waals surface area (Å²) in [5.41, 5.74) is 3.42. The maximum atomic E-state index is 13.2. The van der Waals surface area contributed by atoms with Gasteiger partial charge in [-0.05, 0) is 98.5 Å². The number of amides is 2. The first kappa shape index (κ1) is 28.0. The molecule has 0 atom stereocenters. The number of urea groups is 1. The molecule has 4 rings (SSSR count). The fourth-order valence-electron chi connectivity index (χ4n) is 4.45. The number of anilines is 1. The minimum absolute atomic E-state index is 0.112. The average molecular weight is 545 g/mol. The van der Waals surface area contributed by atoms with Crippen molar-refractivity contribution in [3.05, 3.63) is 82.4 Å². The molecule has 2 amide bonds. The molecular formula is C30H32N4O4S. The van der Waals surface area contributed by atoms with Crippen LogP contribution >= 0.6 is 0 Å². The van der Waals surface area contributed by atoms with Crippen molar-refractivity contribution in [1.82, 2.24) is 5.32 Å². The Balaban J connectivity index is 1.77. The van der Waals surface area contributed by atoms with Crippen LogP contribution in [0.3, 0.4) is 0 Å². The van der Waals surface area contributed by atoms with Crippen molar-refractivity contribution in [1.29, 1.82) is 5.26 Å². The third kappa shape index (κ3) is 6.36. The lowest BCUT2D eigenvalue weighted by atomic mass is 9.83. The molecule has 1 heterocycles. The maximum absolute atomic E-state index is 13.2. The van der Waals surface area contributed by atoms with Gasteiger partial charge in [0.25, 0.3) is 10.1 Å². The number of nitriles is 1. The molecule has 3 aromatic carbocycles. The number of nitrogens with one attached hydrogen (secondary N) is 1. The van der Waals surface area contributed by atoms with Gasteiger partial charge in [0, 0.05) is 23.8 Å². The van der Waals surface area contributed by atoms with E-state index in [1.165, 1.54) is 29.2 Å². The standard InChI is InChI=1S/C30H32N4O4S/c1-20(2)33-29(35)34(25-10-12-26(13-11-25)39(36,37)38)18-21-7-5-8-22(15-21)27-17-24(30(3,4)19-31)16-23-9-6-14-32-28(23)27/h5,7-13,15-17,20H,6,14,18H2,1-4H3,(H,33,35)(H,36,37,38). The summed E-state index contributed by atoms with van der Waals surface area (Å²) in [7, 11) is -4.35. The summed E-state index contributed by atoms with van der Waals surface area (Å²) < 4.78 is 32.3. The molecule has 3 aromatic rings. The van der Waals surface area contributed by atoms with Crippen LogP contribution in [0.5, 0.6) is 0 Å². The van der Waals surface area contributed by atoms with E-state index in [9.17, 15) is 23.0 Å². The summed E-state index contributed by atoms with van der Waals surface area (Å²) in [6.07, 6.45) is 3.00. The molecule has 8 nitrogen and oxygen atoms in total. The molecule has 0 unspecified atom stereocenters. The second-order valence-corrected chi connectivity index (χ2v) is 11.9. The molecule has 0 aromatic heterocycles. The fraction of sp³-hybridized carbons (Fsp3) is 0.300. The number of carbonyl (C=O) groups excluding carboxylic acids is 1. The van der Waals surface area contributed by atoms with E-state index in [0.717, 1.165) is 39.3 Å². The Morgan fingerprint density at radius 2 is 1.87 bits per heavy atom. The first-order valence-electron chi connectivity index (χ1n) is 12.7. The zero-order valence-electron chi connectivity index (χ0n) is 22.5. The molecule has 0 saturated heterocycles. The highest BCUT2D eigenvalue weighted by atomic mass is 32.2. The molecule has 0 saturated carbocycles. The minimum Gasteiger partial charge on any atom is -0.336 e. The number of nitrogens with zero attached hydrogens (tertiary/aromatic N) is 3. The summed E-state index contributed by atoms with van der Waals surface area (Å²) in [6, 6.07) is 19.4. The van der Waals surface area contributed by atoms with Crippen LogP contribution in [0.1, 0.15) is 45.2 Å². The quantitative estimate of drug-likeness (QED) is 0.429. The molecule has 0 bridgehead atoms. The van der Waals surface area contributed by atoms with E-state index in [-0.39, 0.29) is 23.5 Å². The van der Waals surface area contributed by atoms with E-state index < -0.39 is 15.5 Å². The Morgan fingerprint density at radius 1 is 1.15 bits per heavy atom. The van der Waals surface area contributed by atoms with Crippen molar-refractivity contribution in [2.75, 3.05) is 11.4 Å². The fourth-order valence-corrected chi connectivity index (χ4v) is 4.93. The van der Waals surface area contributed by atoms with Gasteiger partial charge in [-0.2, -0.15) is 13.7 Å². The van der Waals surface area contributed by atoms with Crippen LogP contribution in [0.4, 0.5) is 10.5 Å². The molecule has 0 fully saturated rings. The van der Waals surface area contributed by atoms with Gasteiger partial charge in [-0.3, -0.25) is 14.4 Å². The lowest BCUT2D eigenvalue weighted by Gasteiger charge is -2.25. The molecule has 0 radical (unpaired) electrons. The Bertz CT molecular complexity index is 1670. The summed E-state index contributed by atoms with van der Waals surface area (Å²) in [6.45, 7) is 8.42. The SMILES string of the molecule is CC(C)NC(=O)N(Cc1cccc(-c2cc(C(C)(C)C#N)cc3c2=NCCC=3)c1)c1ccc(S(=O)(=O)O)cc1. The molecule has 39 heavy (non-hydrogen) atoms. The van der Waals surface area contributed by atoms with Crippen LogP contribution in [0.2, 0.25) is 0 Å². The third-order valence-electron chi connectivity index (χ3n) is 6.59. The van der Waals surface area contributed by atoms with Crippen molar-refractivity contribution >= 4 is 27.9 Å². The van der Waals surface area contributed by atoms with Crippen molar-refractivity contribution in [3.8, 4) is 17.2 Å². The summed E-state index contributed by atoms with van der Waals surface area (Å²) in [5.74, 6) is 0. The zero-order valence-corrected chi connectivity index (χ0v) is 23.3. The van der Waals surface area contributed by atoms with Gasteiger partial charge in [-0.25, -0.2) is 4.79 Å². The Kier molecular flexibility index (Phi) is 7.91. The van der Waals surface area contributed by atoms with Gasteiger partial charge in [0.15, 0.2) is 0 Å². The monoisotopic (exact) mass is 544 g/mol. The lowest BCUT2D eigenvalue weighted by molar-refractivity contribution is 0.243. The summed E-state index contributed by atoms with van der Waals surface area (Å²) >= 11 is 0. The first-order valence-corrected chi connectivity index (χ1v) is 14.2. The zero-order chi connectivity index (χ0) is 28.4. The van der Waals surface area contributed by atoms with E-state index in [1.54, 1.807) is 0 Å². The first-order chi connectivity index (χ1) is 18.4. The predicted octanol–water partition coefficient (Wildman–Crippen LogP) is 4.33. The van der Waals surface area contributed by atoms with Crippen molar-refractivity contribution in [2.24, 2.45) is 4.99 Å². The van der Waals surface area contributed by atoms with E-state index in [1.807, 2.05) is 64.1 Å². The Morgan fingerprint density at radius 3 is 2.51 bits per heavy atom. The van der Waals surface area contributed by atoms with Crippen molar-refractivity contribution in [2.45, 2.75) is 57.0 Å². The Hall–Kier alpha value is -4.00. The summed E-state index contributed by atoms with van der Waals surface area (Å²) in [5, 5.41) is 14.6. The van der Waals surface area contributed by atoms with E-state index in [4.69, 9.17) is 4.99 Å². The second-order valence-electron chi connectivity index (χ2n) is 10.4. The number of hydrogen-bond donors (Lipinski definition) is 2. The summed E-state index contributed by atoms with van der Waals surface area (Å²) in [4.78, 5) is 19.2. The number of carbonyl (C=O) groups is 1. The van der Waals surface area contributed by atoms with Crippen LogP contribution in [-0.2, 0) is 22.1 Å². The molecule has 2 N–H and O–H groups in total. The number of benzene rings is 3. The van der Waals surface area contributed by atoms with Crippen LogP contribution in [0, 0.1) is 11.3 Å². The highest BCUT2D eigenvalue weighted by Crippen LogP contribution is 2.27. The van der Waals surface area contributed by atoms with Gasteiger partial charge >= 0.3 is 6.03 Å². The van der Waals surface area contributed by atoms with Crippen molar-refractivity contribution < 1.29 is 17.8 Å². The second kappa shape index (κ2) is 11.0. The molecule has 202 valence electrons. The van der Waals surface area contributed by atoms with Gasteiger partial charge in [0.1, 0.15) is 0 Å². The van der Waals surface area contributed by atoms with Crippen LogP contribution in [0.25, 0.3) is 17.2 Å². The molecule has 0 spiro atoms. The highest BCUT2D eigenvalue weighted by Gasteiger charge is 2.23. The molecule has 9 heteroatoms. The van der Waals surface area contributed by atoms with E-state index >= 15 is 0 Å². The Labute approximate surface area is 229 Å². The molecule has 1 aliphatic heterocycles. The largest absolute Gasteiger partial charge is 0.336 e. The maximum Gasteiger partial charge on any atom is 0.322 e. The molecule has 1 aliphatic rings. The lowest BCUT2D eigenvalue weighted by Crippen LogP contribution is -2.42. The molecule has 0 aliphatic carbocycles. The predicted molar refractivity (Wildman–Crippen MR) is 151 cm³/mol. The topological polar surface area (TPSA) is 123 Å². The minimum atomic E-state index is -4.35. The van der Waals surface area contributed by atoms with E-state index in [0.29, 0.717) is 12.2 Å². The molecular weight excluding hydrogens is 512 g/mol. The van der Waals surface area contributed by atoms with Gasteiger partial charge in [-0.1, -0.05) is 24.3 Å². The van der Waals surface area contributed by atoms with Gasteiger partial charge < -0.3 is 5.32 Å². The number of rotatable bonds is 7. The number of hydrogen-bond acceptors (Lipinski definition) is 5. The average Bonchev–Trinajstić information content (AvgIpc) is 2.90. The normalized spacial score (nSPS) is 13.1. The van der Waals surface area contributed by atoms with Gasteiger partial charge in [0.2, 0.25) is 0 Å². The van der Waals surface area contributed by atoms with Crippen LogP contribution < -0.4 is 20.8 Å². The smallest absolute Gasteiger partial charge is 0.322 e. The van der Waals surface area contributed by atoms with E-state index in [2.05, 4.69) is 17.5 Å². The number of fused-ring (bicyclic) bond motifs is 1. The van der Waals surface area contributed by atoms with Gasteiger partial charge in [0.05, 0.1) is 28.3 Å². The highest BCUT2D eigenvalue weighted by molar-refractivity contribution is 7.85. The van der Waals surface area contributed by atoms with Crippen LogP contribution in [-0.4, -0.2) is 31.6 Å². The van der Waals surface area contributed by atoms with Crippen LogP contribution in [0.15, 0.2) is 70.6 Å². The third-order valence-corrected chi connectivity index (χ3v) is 7.45. The van der Waals surface area contributed by atoms with Gasteiger partial charge in [-0.15, -0.1) is 0 Å².